The SMILES string of the molecule is Cc1cc(/C=C2/SC(=O)N(C)C2=O)c(C)n1-c1ccc(C(C)(C)C)cc1. The van der Waals surface area contributed by atoms with Crippen LogP contribution in [-0.4, -0.2) is 27.7 Å². The molecule has 2 heterocycles. The molecule has 0 aliphatic carbocycles. The second-order valence-electron chi connectivity index (χ2n) is 7.70. The Bertz CT molecular complexity index is 915. The third-order valence-electron chi connectivity index (χ3n) is 4.73. The average molecular weight is 369 g/mol. The molecule has 2 amide bonds. The Morgan fingerprint density at radius 3 is 2.15 bits per heavy atom. The summed E-state index contributed by atoms with van der Waals surface area (Å²) in [5.41, 5.74) is 5.60. The molecule has 1 aromatic carbocycles. The molecule has 3 rings (SSSR count). The first-order valence-corrected chi connectivity index (χ1v) is 9.42. The summed E-state index contributed by atoms with van der Waals surface area (Å²) in [5.74, 6) is -0.237. The Balaban J connectivity index is 1.99. The summed E-state index contributed by atoms with van der Waals surface area (Å²) in [6, 6.07) is 10.6. The first-order chi connectivity index (χ1) is 12.1. The maximum atomic E-state index is 12.1. The fourth-order valence-corrected chi connectivity index (χ4v) is 3.95. The summed E-state index contributed by atoms with van der Waals surface area (Å²) < 4.78 is 2.18. The van der Waals surface area contributed by atoms with Gasteiger partial charge in [0.15, 0.2) is 0 Å². The number of nitrogens with zero attached hydrogens (tertiary/aromatic N) is 2. The fourth-order valence-electron chi connectivity index (χ4n) is 3.13. The van der Waals surface area contributed by atoms with Gasteiger partial charge in [0.25, 0.3) is 11.1 Å². The van der Waals surface area contributed by atoms with Crippen LogP contribution in [0, 0.1) is 13.8 Å². The van der Waals surface area contributed by atoms with Gasteiger partial charge in [-0.2, -0.15) is 0 Å². The van der Waals surface area contributed by atoms with E-state index in [0.29, 0.717) is 4.91 Å². The number of aryl methyl sites for hydroxylation is 1. The predicted octanol–water partition coefficient (Wildman–Crippen LogP) is 5.06. The molecule has 5 heteroatoms. The largest absolute Gasteiger partial charge is 0.318 e. The van der Waals surface area contributed by atoms with E-state index in [1.165, 1.54) is 12.6 Å². The molecule has 1 fully saturated rings. The standard InChI is InChI=1S/C21H24N2O2S/c1-13-11-15(12-18-19(24)22(6)20(25)26-18)14(2)23(13)17-9-7-16(8-10-17)21(3,4)5/h7-12H,1-6H3/b18-12+. The van der Waals surface area contributed by atoms with Gasteiger partial charge in [0, 0.05) is 24.1 Å². The van der Waals surface area contributed by atoms with E-state index >= 15 is 0 Å². The van der Waals surface area contributed by atoms with Crippen molar-refractivity contribution in [1.29, 1.82) is 0 Å². The lowest BCUT2D eigenvalue weighted by Gasteiger charge is -2.20. The lowest BCUT2D eigenvalue weighted by Crippen LogP contribution is -2.22. The molecule has 0 spiro atoms. The summed E-state index contributed by atoms with van der Waals surface area (Å²) in [6.07, 6.45) is 1.82. The van der Waals surface area contributed by atoms with Gasteiger partial charge in [-0.3, -0.25) is 14.5 Å². The molecular formula is C21H24N2O2S. The zero-order valence-electron chi connectivity index (χ0n) is 16.1. The highest BCUT2D eigenvalue weighted by Crippen LogP contribution is 2.33. The average Bonchev–Trinajstić information content (AvgIpc) is 2.98. The number of aromatic nitrogens is 1. The van der Waals surface area contributed by atoms with Gasteiger partial charge in [0.1, 0.15) is 0 Å². The Labute approximate surface area is 158 Å². The molecule has 0 bridgehead atoms. The molecule has 0 unspecified atom stereocenters. The molecule has 4 nitrogen and oxygen atoms in total. The third kappa shape index (κ3) is 3.23. The minimum absolute atomic E-state index is 0.119. The zero-order chi connectivity index (χ0) is 19.2. The Kier molecular flexibility index (Phi) is 4.61. The van der Waals surface area contributed by atoms with Gasteiger partial charge in [-0.15, -0.1) is 0 Å². The summed E-state index contributed by atoms with van der Waals surface area (Å²) in [7, 11) is 1.51. The monoisotopic (exact) mass is 368 g/mol. The second kappa shape index (κ2) is 6.47. The third-order valence-corrected chi connectivity index (χ3v) is 5.70. The molecule has 2 aromatic rings. The number of imide groups is 1. The van der Waals surface area contributed by atoms with Crippen LogP contribution in [0.1, 0.15) is 43.3 Å². The lowest BCUT2D eigenvalue weighted by molar-refractivity contribution is -0.121. The van der Waals surface area contributed by atoms with Crippen LogP contribution in [0.2, 0.25) is 0 Å². The van der Waals surface area contributed by atoms with E-state index < -0.39 is 0 Å². The van der Waals surface area contributed by atoms with Crippen molar-refractivity contribution in [2.75, 3.05) is 7.05 Å². The van der Waals surface area contributed by atoms with Crippen LogP contribution in [0.25, 0.3) is 11.8 Å². The maximum absolute atomic E-state index is 12.1. The van der Waals surface area contributed by atoms with Gasteiger partial charge in [-0.1, -0.05) is 32.9 Å². The molecule has 0 saturated carbocycles. The minimum Gasteiger partial charge on any atom is -0.318 e. The number of hydrogen-bond donors (Lipinski definition) is 0. The number of carbonyl (C=O) groups is 2. The summed E-state index contributed by atoms with van der Waals surface area (Å²) in [4.78, 5) is 25.5. The van der Waals surface area contributed by atoms with Gasteiger partial charge in [0.2, 0.25) is 0 Å². The van der Waals surface area contributed by atoms with Gasteiger partial charge in [0.05, 0.1) is 4.91 Å². The highest BCUT2D eigenvalue weighted by Gasteiger charge is 2.32. The molecule has 26 heavy (non-hydrogen) atoms. The van der Waals surface area contributed by atoms with Crippen LogP contribution in [-0.2, 0) is 10.2 Å². The van der Waals surface area contributed by atoms with Crippen LogP contribution < -0.4 is 0 Å². The molecule has 0 atom stereocenters. The van der Waals surface area contributed by atoms with Crippen LogP contribution in [0.5, 0.6) is 0 Å². The number of amides is 2. The highest BCUT2D eigenvalue weighted by molar-refractivity contribution is 8.18. The number of thioether (sulfide) groups is 1. The molecule has 0 N–H and O–H groups in total. The highest BCUT2D eigenvalue weighted by atomic mass is 32.2. The van der Waals surface area contributed by atoms with E-state index in [1.54, 1.807) is 0 Å². The Hall–Kier alpha value is -2.27. The van der Waals surface area contributed by atoms with Crippen molar-refractivity contribution in [3.63, 3.8) is 0 Å². The topological polar surface area (TPSA) is 42.3 Å². The zero-order valence-corrected chi connectivity index (χ0v) is 16.9. The minimum atomic E-state index is -0.237. The molecule has 1 aromatic heterocycles. The molecule has 1 aliphatic rings. The van der Waals surface area contributed by atoms with E-state index in [2.05, 4.69) is 55.7 Å². The summed E-state index contributed by atoms with van der Waals surface area (Å²) in [6.45, 7) is 10.7. The fraction of sp³-hybridized carbons (Fsp3) is 0.333. The molecule has 1 saturated heterocycles. The summed E-state index contributed by atoms with van der Waals surface area (Å²) in [5, 5.41) is -0.229. The Morgan fingerprint density at radius 1 is 1.04 bits per heavy atom. The van der Waals surface area contributed by atoms with Crippen LogP contribution in [0.15, 0.2) is 35.2 Å². The van der Waals surface area contributed by atoms with Gasteiger partial charge in [-0.25, -0.2) is 0 Å². The van der Waals surface area contributed by atoms with Crippen molar-refractivity contribution in [1.82, 2.24) is 9.47 Å². The predicted molar refractivity (Wildman–Crippen MR) is 108 cm³/mol. The summed E-state index contributed by atoms with van der Waals surface area (Å²) >= 11 is 0.990. The van der Waals surface area contributed by atoms with Crippen molar-refractivity contribution in [2.24, 2.45) is 0 Å². The van der Waals surface area contributed by atoms with Crippen molar-refractivity contribution < 1.29 is 9.59 Å². The van der Waals surface area contributed by atoms with Gasteiger partial charge >= 0.3 is 0 Å². The normalized spacial score (nSPS) is 16.8. The Morgan fingerprint density at radius 2 is 1.65 bits per heavy atom. The van der Waals surface area contributed by atoms with Gasteiger partial charge in [-0.05, 0) is 66.4 Å². The number of carbonyl (C=O) groups excluding carboxylic acids is 2. The number of hydrogen-bond acceptors (Lipinski definition) is 3. The van der Waals surface area contributed by atoms with Crippen molar-refractivity contribution >= 4 is 29.0 Å². The molecular weight excluding hydrogens is 344 g/mol. The first kappa shape index (κ1) is 18.5. The number of likely N-dealkylation sites (N-methyl/N-ethyl adjacent to an activating group) is 1. The number of benzene rings is 1. The van der Waals surface area contributed by atoms with Crippen molar-refractivity contribution in [3.05, 3.63) is 57.8 Å². The smallest absolute Gasteiger partial charge is 0.293 e. The second-order valence-corrected chi connectivity index (χ2v) is 8.69. The quantitative estimate of drug-likeness (QED) is 0.696. The van der Waals surface area contributed by atoms with Crippen LogP contribution in [0.3, 0.4) is 0 Å². The van der Waals surface area contributed by atoms with Crippen LogP contribution >= 0.6 is 11.8 Å². The van der Waals surface area contributed by atoms with Crippen molar-refractivity contribution in [3.8, 4) is 5.69 Å². The van der Waals surface area contributed by atoms with Gasteiger partial charge < -0.3 is 4.57 Å². The molecule has 0 radical (unpaired) electrons. The van der Waals surface area contributed by atoms with E-state index in [4.69, 9.17) is 0 Å². The lowest BCUT2D eigenvalue weighted by atomic mass is 9.87. The van der Waals surface area contributed by atoms with Crippen molar-refractivity contribution in [2.45, 2.75) is 40.0 Å². The van der Waals surface area contributed by atoms with E-state index in [9.17, 15) is 9.59 Å². The van der Waals surface area contributed by atoms with Crippen LogP contribution in [0.4, 0.5) is 4.79 Å². The van der Waals surface area contributed by atoms with E-state index in [1.807, 2.05) is 19.9 Å². The number of rotatable bonds is 2. The van der Waals surface area contributed by atoms with E-state index in [0.717, 1.165) is 39.3 Å². The first-order valence-electron chi connectivity index (χ1n) is 8.61. The molecule has 1 aliphatic heterocycles. The van der Waals surface area contributed by atoms with E-state index in [-0.39, 0.29) is 16.6 Å². The maximum Gasteiger partial charge on any atom is 0.293 e. The molecule has 136 valence electrons.